The second-order valence-electron chi connectivity index (χ2n) is 15.2. The van der Waals surface area contributed by atoms with Crippen LogP contribution >= 0.6 is 0 Å². The average Bonchev–Trinajstić information content (AvgIpc) is 3.67. The summed E-state index contributed by atoms with van der Waals surface area (Å²) in [7, 11) is 0. The van der Waals surface area contributed by atoms with E-state index in [1.54, 1.807) is 18.3 Å². The number of aromatic nitrogens is 3. The highest BCUT2D eigenvalue weighted by Gasteiger charge is 2.23. The summed E-state index contributed by atoms with van der Waals surface area (Å²) >= 11 is 0. The van der Waals surface area contributed by atoms with Gasteiger partial charge >= 0.3 is 0 Å². The van der Waals surface area contributed by atoms with E-state index in [1.165, 1.54) is 0 Å². The lowest BCUT2D eigenvalue weighted by molar-refractivity contribution is 0.472. The van der Waals surface area contributed by atoms with Gasteiger partial charge in [0.2, 0.25) is 0 Å². The van der Waals surface area contributed by atoms with Gasteiger partial charge in [-0.05, 0) is 137 Å². The minimum atomic E-state index is -2.18. The van der Waals surface area contributed by atoms with E-state index >= 15 is 0 Å². The van der Waals surface area contributed by atoms with E-state index in [0.717, 1.165) is 89.2 Å². The van der Waals surface area contributed by atoms with Crippen LogP contribution in [0.4, 0.5) is 0 Å². The summed E-state index contributed by atoms with van der Waals surface area (Å²) < 4.78 is 34.8. The molecule has 0 aliphatic rings. The second-order valence-corrected chi connectivity index (χ2v) is 15.2. The van der Waals surface area contributed by atoms with Gasteiger partial charge in [0.15, 0.2) is 0 Å². The van der Waals surface area contributed by atoms with Crippen LogP contribution in [0.5, 0.6) is 5.75 Å². The predicted octanol–water partition coefficient (Wildman–Crippen LogP) is 14.2. The van der Waals surface area contributed by atoms with Crippen molar-refractivity contribution in [3.8, 4) is 78.6 Å². The fourth-order valence-electron chi connectivity index (χ4n) is 7.89. The third-order valence-electron chi connectivity index (χ3n) is 10.9. The fraction of sp³-hybridized carbons (Fsp3) is 0.111. The highest BCUT2D eigenvalue weighted by molar-refractivity contribution is 5.98. The topological polar surface area (TPSA) is 50.9 Å². The van der Waals surface area contributed by atoms with Gasteiger partial charge in [-0.3, -0.25) is 9.55 Å². The zero-order valence-corrected chi connectivity index (χ0v) is 33.0. The second kappa shape index (κ2) is 15.1. The molecule has 0 fully saturated rings. The number of phenols is 1. The van der Waals surface area contributed by atoms with Crippen molar-refractivity contribution in [2.75, 3.05) is 0 Å². The molecule has 2 aromatic heterocycles. The van der Waals surface area contributed by atoms with Crippen LogP contribution in [0.15, 0.2) is 170 Å². The Labute approximate surface area is 346 Å². The molecule has 0 spiro atoms. The molecular weight excluding hydrogens is 707 g/mol. The van der Waals surface area contributed by atoms with E-state index < -0.39 is 12.7 Å². The third-order valence-corrected chi connectivity index (χ3v) is 10.9. The molecule has 282 valence electrons. The van der Waals surface area contributed by atoms with Gasteiger partial charge in [-0.2, -0.15) is 0 Å². The first-order valence-corrected chi connectivity index (χ1v) is 19.5. The first-order chi connectivity index (χ1) is 29.7. The number of fused-ring (bicyclic) bond motifs is 1. The highest BCUT2D eigenvalue weighted by Crippen LogP contribution is 2.42. The van der Waals surface area contributed by atoms with E-state index in [0.29, 0.717) is 17.0 Å². The van der Waals surface area contributed by atoms with E-state index in [-0.39, 0.29) is 5.75 Å². The number of pyridine rings is 1. The molecule has 0 amide bonds. The lowest BCUT2D eigenvalue weighted by Gasteiger charge is -2.17. The van der Waals surface area contributed by atoms with Gasteiger partial charge < -0.3 is 5.11 Å². The zero-order chi connectivity index (χ0) is 43.3. The summed E-state index contributed by atoms with van der Waals surface area (Å²) in [6.45, 7) is 5.56. The van der Waals surface area contributed by atoms with Crippen molar-refractivity contribution < 1.29 is 10.6 Å². The summed E-state index contributed by atoms with van der Waals surface area (Å²) in [4.78, 5) is 10.3. The first kappa shape index (κ1) is 32.1. The molecule has 1 N–H and O–H groups in total. The van der Waals surface area contributed by atoms with Gasteiger partial charge in [0.05, 0.1) is 22.3 Å². The molecule has 2 heterocycles. The minimum absolute atomic E-state index is 0.168. The number of para-hydroxylation sites is 1. The van der Waals surface area contributed by atoms with Crippen molar-refractivity contribution in [2.24, 2.45) is 0 Å². The van der Waals surface area contributed by atoms with Crippen LogP contribution < -0.4 is 0 Å². The quantitative estimate of drug-likeness (QED) is 0.168. The standard InChI is InChI=1S/C54H45N3O/c1-34(2)42-27-44(39-15-10-7-11-16-39)32-47(31-42)57-51-18-12-17-48(52(51)56-54(57)49-26-36(4)25-37(5)53(49)58)45-28-43(38-13-8-6-9-14-38)29-46(30-45)50-33-41(23-24-55-50)40-21-19-35(3)20-22-40/h6-34,58H,1-5H3/i3D3,34D. The number of imidazole rings is 1. The van der Waals surface area contributed by atoms with Crippen molar-refractivity contribution in [2.45, 2.75) is 40.4 Å². The van der Waals surface area contributed by atoms with Gasteiger partial charge in [-0.1, -0.05) is 129 Å². The van der Waals surface area contributed by atoms with Crippen molar-refractivity contribution in [1.82, 2.24) is 14.5 Å². The largest absolute Gasteiger partial charge is 0.507 e. The number of aromatic hydroxyl groups is 1. The SMILES string of the molecule is [2H]C([2H])([2H])c1ccc(-c2ccnc(-c3cc(-c4ccccc4)cc(-c4cccc5c4nc(-c4cc(C)cc(C)c4O)n5-c4cc(-c5ccccc5)cc(C([2H])(C)C)c4)c3)c2)cc1. The van der Waals surface area contributed by atoms with Crippen LogP contribution in [0.2, 0.25) is 0 Å². The number of aryl methyl sites for hydroxylation is 3. The Hall–Kier alpha value is -7.04. The summed E-state index contributed by atoms with van der Waals surface area (Å²) in [5, 5.41) is 11.7. The molecular formula is C54H45N3O. The Balaban J connectivity index is 1.29. The lowest BCUT2D eigenvalue weighted by atomic mass is 9.93. The van der Waals surface area contributed by atoms with E-state index in [1.807, 2.05) is 107 Å². The number of phenolic OH excluding ortho intramolecular Hbond substituents is 1. The van der Waals surface area contributed by atoms with E-state index in [2.05, 4.69) is 77.4 Å². The molecule has 9 aromatic rings. The maximum Gasteiger partial charge on any atom is 0.149 e. The number of hydrogen-bond acceptors (Lipinski definition) is 3. The van der Waals surface area contributed by atoms with Crippen molar-refractivity contribution in [3.63, 3.8) is 0 Å². The predicted molar refractivity (Wildman–Crippen MR) is 241 cm³/mol. The smallest absolute Gasteiger partial charge is 0.149 e. The average molecular weight is 756 g/mol. The molecule has 0 saturated carbocycles. The lowest BCUT2D eigenvalue weighted by Crippen LogP contribution is -2.01. The highest BCUT2D eigenvalue weighted by atomic mass is 16.3. The van der Waals surface area contributed by atoms with Crippen molar-refractivity contribution in [3.05, 3.63) is 192 Å². The van der Waals surface area contributed by atoms with Crippen molar-refractivity contribution >= 4 is 11.0 Å². The van der Waals surface area contributed by atoms with Gasteiger partial charge in [0, 0.05) is 28.5 Å². The normalized spacial score (nSPS) is 12.8. The Kier molecular flexibility index (Phi) is 8.37. The Morgan fingerprint density at radius 2 is 1.24 bits per heavy atom. The van der Waals surface area contributed by atoms with E-state index in [4.69, 9.17) is 15.5 Å². The van der Waals surface area contributed by atoms with Gasteiger partial charge in [-0.15, -0.1) is 0 Å². The Morgan fingerprint density at radius 3 is 1.95 bits per heavy atom. The molecule has 0 radical (unpaired) electrons. The van der Waals surface area contributed by atoms with Crippen LogP contribution in [-0.4, -0.2) is 19.6 Å². The summed E-state index contributed by atoms with van der Waals surface area (Å²) in [5.41, 5.74) is 15.4. The Bertz CT molecular complexity index is 3110. The molecule has 0 unspecified atom stereocenters. The molecule has 9 rings (SSSR count). The Morgan fingerprint density at radius 1 is 0.569 bits per heavy atom. The molecule has 0 aliphatic heterocycles. The number of hydrogen-bond donors (Lipinski definition) is 1. The van der Waals surface area contributed by atoms with Gasteiger partial charge in [0.25, 0.3) is 0 Å². The van der Waals surface area contributed by atoms with Crippen LogP contribution in [0.25, 0.3) is 83.9 Å². The fourth-order valence-corrected chi connectivity index (χ4v) is 7.89. The molecule has 0 saturated heterocycles. The van der Waals surface area contributed by atoms with Crippen LogP contribution in [0.1, 0.15) is 47.5 Å². The molecule has 7 aromatic carbocycles. The van der Waals surface area contributed by atoms with Gasteiger partial charge in [-0.25, -0.2) is 4.98 Å². The van der Waals surface area contributed by atoms with Crippen LogP contribution in [0.3, 0.4) is 0 Å². The first-order valence-electron chi connectivity index (χ1n) is 21.5. The number of benzene rings is 7. The monoisotopic (exact) mass is 755 g/mol. The van der Waals surface area contributed by atoms with Crippen LogP contribution in [0, 0.1) is 20.7 Å². The number of rotatable bonds is 8. The summed E-state index contributed by atoms with van der Waals surface area (Å²) in [6.07, 6.45) is 1.79. The maximum atomic E-state index is 11.7. The maximum absolute atomic E-state index is 11.7. The molecule has 0 bridgehead atoms. The molecule has 58 heavy (non-hydrogen) atoms. The molecule has 4 nitrogen and oxygen atoms in total. The van der Waals surface area contributed by atoms with Crippen LogP contribution in [-0.2, 0) is 0 Å². The van der Waals surface area contributed by atoms with E-state index in [9.17, 15) is 5.11 Å². The molecule has 4 heteroatoms. The zero-order valence-electron chi connectivity index (χ0n) is 37.0. The number of nitrogens with zero attached hydrogens (tertiary/aromatic N) is 3. The van der Waals surface area contributed by atoms with Gasteiger partial charge in [0.1, 0.15) is 11.6 Å². The summed E-state index contributed by atoms with van der Waals surface area (Å²) in [6, 6.07) is 54.4. The summed E-state index contributed by atoms with van der Waals surface area (Å²) in [5.74, 6) is -0.139. The minimum Gasteiger partial charge on any atom is -0.507 e. The van der Waals surface area contributed by atoms with Crippen molar-refractivity contribution in [1.29, 1.82) is 0 Å². The third kappa shape index (κ3) is 6.99. The molecule has 0 atom stereocenters. The molecule has 0 aliphatic carbocycles.